The Morgan fingerprint density at radius 1 is 1.30 bits per heavy atom. The van der Waals surface area contributed by atoms with E-state index in [-0.39, 0.29) is 18.0 Å². The van der Waals surface area contributed by atoms with Crippen LogP contribution in [-0.2, 0) is 4.79 Å². The summed E-state index contributed by atoms with van der Waals surface area (Å²) in [6.45, 7) is 6.50. The number of nitrogens with one attached hydrogen (secondary N) is 1. The van der Waals surface area contributed by atoms with E-state index in [0.29, 0.717) is 6.54 Å². The molecule has 1 unspecified atom stereocenters. The third kappa shape index (κ3) is 3.22. The molecule has 1 atom stereocenters. The van der Waals surface area contributed by atoms with Crippen molar-refractivity contribution >= 4 is 17.3 Å². The molecule has 2 rings (SSSR count). The van der Waals surface area contributed by atoms with Gasteiger partial charge >= 0.3 is 0 Å². The topological polar surface area (TPSA) is 61.6 Å². The Morgan fingerprint density at radius 2 is 1.95 bits per heavy atom. The standard InChI is InChI=1S/C15H24N4O/c1-11(2)17-12(15(16)20)10-19-9-8-18(3)13-6-4-5-7-14(13)19/h4-7,11-12,17H,8-10H2,1-3H3,(H2,16,20). The highest BCUT2D eigenvalue weighted by molar-refractivity contribution is 5.81. The molecule has 0 aromatic heterocycles. The first-order valence-corrected chi connectivity index (χ1v) is 7.09. The molecule has 20 heavy (non-hydrogen) atoms. The third-order valence-corrected chi connectivity index (χ3v) is 3.62. The van der Waals surface area contributed by atoms with E-state index < -0.39 is 0 Å². The van der Waals surface area contributed by atoms with E-state index in [0.717, 1.165) is 18.8 Å². The van der Waals surface area contributed by atoms with Gasteiger partial charge < -0.3 is 20.9 Å². The fraction of sp³-hybridized carbons (Fsp3) is 0.533. The van der Waals surface area contributed by atoms with Crippen molar-refractivity contribution in [3.05, 3.63) is 24.3 Å². The summed E-state index contributed by atoms with van der Waals surface area (Å²) < 4.78 is 0. The van der Waals surface area contributed by atoms with E-state index in [1.54, 1.807) is 0 Å². The molecule has 5 nitrogen and oxygen atoms in total. The van der Waals surface area contributed by atoms with E-state index in [1.807, 2.05) is 26.0 Å². The van der Waals surface area contributed by atoms with Gasteiger partial charge in [0.2, 0.25) is 5.91 Å². The number of hydrogen-bond donors (Lipinski definition) is 2. The third-order valence-electron chi connectivity index (χ3n) is 3.62. The number of rotatable bonds is 5. The van der Waals surface area contributed by atoms with Gasteiger partial charge in [-0.3, -0.25) is 4.79 Å². The molecule has 1 aromatic carbocycles. The number of nitrogens with two attached hydrogens (primary N) is 1. The number of primary amides is 1. The summed E-state index contributed by atoms with van der Waals surface area (Å²) in [5, 5.41) is 3.24. The van der Waals surface area contributed by atoms with Gasteiger partial charge in [-0.15, -0.1) is 0 Å². The summed E-state index contributed by atoms with van der Waals surface area (Å²) >= 11 is 0. The van der Waals surface area contributed by atoms with Gasteiger partial charge in [0.05, 0.1) is 11.4 Å². The lowest BCUT2D eigenvalue weighted by molar-refractivity contribution is -0.119. The van der Waals surface area contributed by atoms with Gasteiger partial charge in [0.15, 0.2) is 0 Å². The van der Waals surface area contributed by atoms with Gasteiger partial charge in [-0.25, -0.2) is 0 Å². The van der Waals surface area contributed by atoms with Crippen molar-refractivity contribution in [2.24, 2.45) is 5.73 Å². The van der Waals surface area contributed by atoms with E-state index in [1.165, 1.54) is 5.69 Å². The summed E-state index contributed by atoms with van der Waals surface area (Å²) in [5.74, 6) is -0.296. The summed E-state index contributed by atoms with van der Waals surface area (Å²) in [7, 11) is 2.09. The van der Waals surface area contributed by atoms with E-state index in [9.17, 15) is 4.79 Å². The Hall–Kier alpha value is -1.75. The molecular formula is C15H24N4O. The van der Waals surface area contributed by atoms with Gasteiger partial charge in [-0.05, 0) is 12.1 Å². The quantitative estimate of drug-likeness (QED) is 0.835. The van der Waals surface area contributed by atoms with Gasteiger partial charge in [-0.2, -0.15) is 0 Å². The molecule has 0 aliphatic carbocycles. The van der Waals surface area contributed by atoms with E-state index >= 15 is 0 Å². The van der Waals surface area contributed by atoms with Crippen molar-refractivity contribution in [1.29, 1.82) is 0 Å². The second-order valence-corrected chi connectivity index (χ2v) is 5.63. The molecule has 5 heteroatoms. The summed E-state index contributed by atoms with van der Waals surface area (Å²) in [6.07, 6.45) is 0. The molecule has 0 spiro atoms. The summed E-state index contributed by atoms with van der Waals surface area (Å²) in [6, 6.07) is 8.17. The molecule has 1 aliphatic heterocycles. The number of amides is 1. The molecular weight excluding hydrogens is 252 g/mol. The lowest BCUT2D eigenvalue weighted by Gasteiger charge is -2.38. The normalized spacial score (nSPS) is 16.2. The zero-order chi connectivity index (χ0) is 14.7. The van der Waals surface area contributed by atoms with Crippen molar-refractivity contribution in [3.63, 3.8) is 0 Å². The molecule has 1 aliphatic rings. The number of likely N-dealkylation sites (N-methyl/N-ethyl adjacent to an activating group) is 1. The number of anilines is 2. The van der Waals surface area contributed by atoms with Crippen molar-refractivity contribution in [2.75, 3.05) is 36.5 Å². The molecule has 3 N–H and O–H groups in total. The van der Waals surface area contributed by atoms with Crippen LogP contribution >= 0.6 is 0 Å². The number of benzene rings is 1. The van der Waals surface area contributed by atoms with Crippen LogP contribution in [0.4, 0.5) is 11.4 Å². The maximum Gasteiger partial charge on any atom is 0.236 e. The largest absolute Gasteiger partial charge is 0.371 e. The fourth-order valence-corrected chi connectivity index (χ4v) is 2.60. The number of carbonyl (C=O) groups is 1. The molecule has 1 amide bonds. The maximum atomic E-state index is 11.6. The number of para-hydroxylation sites is 2. The number of carbonyl (C=O) groups excluding carboxylic acids is 1. The zero-order valence-electron chi connectivity index (χ0n) is 12.5. The number of nitrogens with zero attached hydrogens (tertiary/aromatic N) is 2. The predicted molar refractivity (Wildman–Crippen MR) is 83.2 cm³/mol. The lowest BCUT2D eigenvalue weighted by Crippen LogP contribution is -2.53. The number of hydrogen-bond acceptors (Lipinski definition) is 4. The van der Waals surface area contributed by atoms with Crippen LogP contribution < -0.4 is 20.9 Å². The highest BCUT2D eigenvalue weighted by Gasteiger charge is 2.25. The van der Waals surface area contributed by atoms with Crippen LogP contribution in [0.5, 0.6) is 0 Å². The molecule has 0 fully saturated rings. The Bertz CT molecular complexity index is 475. The first-order valence-electron chi connectivity index (χ1n) is 7.09. The highest BCUT2D eigenvalue weighted by atomic mass is 16.1. The van der Waals surface area contributed by atoms with Crippen LogP contribution in [0.25, 0.3) is 0 Å². The monoisotopic (exact) mass is 276 g/mol. The molecule has 1 heterocycles. The van der Waals surface area contributed by atoms with Gasteiger partial charge in [0.1, 0.15) is 6.04 Å². The first-order chi connectivity index (χ1) is 9.49. The van der Waals surface area contributed by atoms with Crippen LogP contribution in [0.3, 0.4) is 0 Å². The average molecular weight is 276 g/mol. The smallest absolute Gasteiger partial charge is 0.236 e. The van der Waals surface area contributed by atoms with E-state index in [2.05, 4.69) is 34.3 Å². The van der Waals surface area contributed by atoms with Crippen molar-refractivity contribution in [1.82, 2.24) is 5.32 Å². The van der Waals surface area contributed by atoms with Crippen LogP contribution in [0.1, 0.15) is 13.8 Å². The minimum absolute atomic E-state index is 0.232. The molecule has 0 saturated carbocycles. The Labute approximate surface area is 120 Å². The van der Waals surface area contributed by atoms with Gasteiger partial charge in [0.25, 0.3) is 0 Å². The summed E-state index contributed by atoms with van der Waals surface area (Å²) in [5.41, 5.74) is 7.88. The van der Waals surface area contributed by atoms with Crippen molar-refractivity contribution in [3.8, 4) is 0 Å². The van der Waals surface area contributed by atoms with Gasteiger partial charge in [0, 0.05) is 32.7 Å². The minimum atomic E-state index is -0.327. The molecule has 0 radical (unpaired) electrons. The predicted octanol–water partition coefficient (Wildman–Crippen LogP) is 0.795. The zero-order valence-corrected chi connectivity index (χ0v) is 12.5. The minimum Gasteiger partial charge on any atom is -0.371 e. The lowest BCUT2D eigenvalue weighted by atomic mass is 10.1. The molecule has 0 bridgehead atoms. The van der Waals surface area contributed by atoms with Crippen LogP contribution in [-0.4, -0.2) is 44.7 Å². The second kappa shape index (κ2) is 6.13. The molecule has 0 saturated heterocycles. The maximum absolute atomic E-state index is 11.6. The highest BCUT2D eigenvalue weighted by Crippen LogP contribution is 2.31. The number of fused-ring (bicyclic) bond motifs is 1. The van der Waals surface area contributed by atoms with Crippen molar-refractivity contribution < 1.29 is 4.79 Å². The van der Waals surface area contributed by atoms with Crippen molar-refractivity contribution in [2.45, 2.75) is 25.9 Å². The SMILES string of the molecule is CC(C)NC(CN1CCN(C)c2ccccc21)C(N)=O. The fourth-order valence-electron chi connectivity index (χ4n) is 2.60. The first kappa shape index (κ1) is 14.7. The van der Waals surface area contributed by atoms with Crippen LogP contribution in [0.2, 0.25) is 0 Å². The Morgan fingerprint density at radius 3 is 2.55 bits per heavy atom. The average Bonchev–Trinajstić information content (AvgIpc) is 2.40. The molecule has 110 valence electrons. The van der Waals surface area contributed by atoms with Crippen LogP contribution in [0, 0.1) is 0 Å². The molecule has 1 aromatic rings. The van der Waals surface area contributed by atoms with Gasteiger partial charge in [-0.1, -0.05) is 26.0 Å². The summed E-state index contributed by atoms with van der Waals surface area (Å²) in [4.78, 5) is 16.1. The second-order valence-electron chi connectivity index (χ2n) is 5.63. The Balaban J connectivity index is 2.17. The van der Waals surface area contributed by atoms with E-state index in [4.69, 9.17) is 5.73 Å². The van der Waals surface area contributed by atoms with Crippen LogP contribution in [0.15, 0.2) is 24.3 Å². The Kier molecular flexibility index (Phi) is 4.49.